The van der Waals surface area contributed by atoms with E-state index in [1.165, 1.54) is 0 Å². The molecule has 1 heterocycles. The molecule has 0 saturated carbocycles. The molecular formula is C17H29Cl2FN2. The van der Waals surface area contributed by atoms with E-state index in [9.17, 15) is 4.39 Å². The summed E-state index contributed by atoms with van der Waals surface area (Å²) >= 11 is 0. The van der Waals surface area contributed by atoms with Crippen molar-refractivity contribution in [1.82, 2.24) is 10.2 Å². The third kappa shape index (κ3) is 6.04. The van der Waals surface area contributed by atoms with Crippen LogP contribution in [0.4, 0.5) is 4.39 Å². The van der Waals surface area contributed by atoms with Crippen LogP contribution in [0.15, 0.2) is 18.2 Å². The van der Waals surface area contributed by atoms with Gasteiger partial charge in [-0.3, -0.25) is 4.90 Å². The summed E-state index contributed by atoms with van der Waals surface area (Å²) in [6.45, 7) is 10.4. The van der Waals surface area contributed by atoms with Crippen molar-refractivity contribution in [3.8, 4) is 0 Å². The summed E-state index contributed by atoms with van der Waals surface area (Å²) in [5, 5.41) is 3.37. The van der Waals surface area contributed by atoms with Gasteiger partial charge in [-0.15, -0.1) is 24.8 Å². The van der Waals surface area contributed by atoms with Crippen molar-refractivity contribution < 1.29 is 4.39 Å². The molecule has 0 bridgehead atoms. The average molecular weight is 351 g/mol. The second kappa shape index (κ2) is 10.4. The van der Waals surface area contributed by atoms with Crippen molar-refractivity contribution in [2.75, 3.05) is 26.2 Å². The highest BCUT2D eigenvalue weighted by atomic mass is 35.5. The van der Waals surface area contributed by atoms with Crippen molar-refractivity contribution in [3.63, 3.8) is 0 Å². The molecule has 0 unspecified atom stereocenters. The first-order chi connectivity index (χ1) is 9.58. The van der Waals surface area contributed by atoms with Gasteiger partial charge in [0, 0.05) is 37.8 Å². The standard InChI is InChI=1S/C17H27FN2.2ClH/c1-13(2)4-7-17(20-10-8-19-9-11-20)15-6-5-14(3)12-16(15)18;;/h5-6,12-13,17,19H,4,7-11H2,1-3H3;2*1H/t17-;;/m0../s1. The van der Waals surface area contributed by atoms with Gasteiger partial charge in [0.15, 0.2) is 0 Å². The lowest BCUT2D eigenvalue weighted by atomic mass is 9.94. The van der Waals surface area contributed by atoms with Gasteiger partial charge in [-0.1, -0.05) is 26.0 Å². The molecule has 128 valence electrons. The quantitative estimate of drug-likeness (QED) is 0.848. The van der Waals surface area contributed by atoms with Crippen molar-refractivity contribution in [3.05, 3.63) is 35.1 Å². The van der Waals surface area contributed by atoms with Gasteiger partial charge in [-0.25, -0.2) is 4.39 Å². The number of hydrogen-bond donors (Lipinski definition) is 1. The Labute approximate surface area is 146 Å². The van der Waals surface area contributed by atoms with Crippen LogP contribution in [0, 0.1) is 18.7 Å². The van der Waals surface area contributed by atoms with Gasteiger partial charge in [0.25, 0.3) is 0 Å². The van der Waals surface area contributed by atoms with E-state index in [0.717, 1.165) is 50.1 Å². The molecule has 1 aromatic carbocycles. The molecule has 0 radical (unpaired) electrons. The second-order valence-corrected chi connectivity index (χ2v) is 6.30. The van der Waals surface area contributed by atoms with Crippen LogP contribution in [0.2, 0.25) is 0 Å². The van der Waals surface area contributed by atoms with E-state index in [1.807, 2.05) is 19.1 Å². The Bertz CT molecular complexity index is 435. The summed E-state index contributed by atoms with van der Waals surface area (Å²) in [4.78, 5) is 2.44. The number of hydrogen-bond acceptors (Lipinski definition) is 2. The number of nitrogens with one attached hydrogen (secondary N) is 1. The topological polar surface area (TPSA) is 15.3 Å². The predicted molar refractivity (Wildman–Crippen MR) is 96.9 cm³/mol. The van der Waals surface area contributed by atoms with Crippen molar-refractivity contribution in [2.24, 2.45) is 5.92 Å². The largest absolute Gasteiger partial charge is 0.314 e. The maximum atomic E-state index is 14.3. The fraction of sp³-hybridized carbons (Fsp3) is 0.647. The second-order valence-electron chi connectivity index (χ2n) is 6.30. The van der Waals surface area contributed by atoms with Crippen LogP contribution in [0.25, 0.3) is 0 Å². The number of nitrogens with zero attached hydrogens (tertiary/aromatic N) is 1. The maximum Gasteiger partial charge on any atom is 0.128 e. The Hall–Kier alpha value is -0.350. The van der Waals surface area contributed by atoms with E-state index in [-0.39, 0.29) is 36.7 Å². The highest BCUT2D eigenvalue weighted by Crippen LogP contribution is 2.30. The van der Waals surface area contributed by atoms with Gasteiger partial charge in [0.2, 0.25) is 0 Å². The monoisotopic (exact) mass is 350 g/mol. The molecule has 1 atom stereocenters. The molecular weight excluding hydrogens is 322 g/mol. The summed E-state index contributed by atoms with van der Waals surface area (Å²) in [5.41, 5.74) is 1.87. The van der Waals surface area contributed by atoms with Crippen molar-refractivity contribution in [2.45, 2.75) is 39.7 Å². The molecule has 1 aromatic rings. The molecule has 0 aliphatic carbocycles. The first-order valence-corrected chi connectivity index (χ1v) is 7.78. The highest BCUT2D eigenvalue weighted by molar-refractivity contribution is 5.85. The zero-order chi connectivity index (χ0) is 14.5. The lowest BCUT2D eigenvalue weighted by Crippen LogP contribution is -2.45. The Morgan fingerprint density at radius 2 is 1.77 bits per heavy atom. The molecule has 0 spiro atoms. The molecule has 2 rings (SSSR count). The minimum absolute atomic E-state index is 0. The molecule has 1 saturated heterocycles. The Kier molecular flexibility index (Phi) is 10.3. The van der Waals surface area contributed by atoms with Crippen LogP contribution in [0.5, 0.6) is 0 Å². The Morgan fingerprint density at radius 3 is 2.32 bits per heavy atom. The van der Waals surface area contributed by atoms with Gasteiger partial charge >= 0.3 is 0 Å². The minimum Gasteiger partial charge on any atom is -0.314 e. The van der Waals surface area contributed by atoms with E-state index in [4.69, 9.17) is 0 Å². The lowest BCUT2D eigenvalue weighted by molar-refractivity contribution is 0.156. The van der Waals surface area contributed by atoms with Crippen LogP contribution < -0.4 is 5.32 Å². The molecule has 0 amide bonds. The van der Waals surface area contributed by atoms with Crippen molar-refractivity contribution >= 4 is 24.8 Å². The van der Waals surface area contributed by atoms with E-state index in [0.29, 0.717) is 5.92 Å². The smallest absolute Gasteiger partial charge is 0.128 e. The first-order valence-electron chi connectivity index (χ1n) is 7.78. The molecule has 1 aliphatic rings. The number of benzene rings is 1. The van der Waals surface area contributed by atoms with Gasteiger partial charge < -0.3 is 5.32 Å². The van der Waals surface area contributed by atoms with Crippen molar-refractivity contribution in [1.29, 1.82) is 0 Å². The van der Waals surface area contributed by atoms with E-state index in [2.05, 4.69) is 24.1 Å². The molecule has 1 N–H and O–H groups in total. The summed E-state index contributed by atoms with van der Waals surface area (Å²) in [6, 6.07) is 5.90. The Morgan fingerprint density at radius 1 is 1.14 bits per heavy atom. The van der Waals surface area contributed by atoms with Crippen LogP contribution >= 0.6 is 24.8 Å². The molecule has 1 aliphatic heterocycles. The number of halogens is 3. The lowest BCUT2D eigenvalue weighted by Gasteiger charge is -2.36. The molecule has 0 aromatic heterocycles. The maximum absolute atomic E-state index is 14.3. The van der Waals surface area contributed by atoms with Crippen LogP contribution in [-0.2, 0) is 0 Å². The summed E-state index contributed by atoms with van der Waals surface area (Å²) in [7, 11) is 0. The van der Waals surface area contributed by atoms with Gasteiger partial charge in [0.05, 0.1) is 0 Å². The highest BCUT2D eigenvalue weighted by Gasteiger charge is 2.24. The van der Waals surface area contributed by atoms with E-state index >= 15 is 0 Å². The first kappa shape index (κ1) is 21.6. The van der Waals surface area contributed by atoms with E-state index in [1.54, 1.807) is 6.07 Å². The van der Waals surface area contributed by atoms with Crippen LogP contribution in [0.1, 0.15) is 43.9 Å². The van der Waals surface area contributed by atoms with Crippen LogP contribution in [-0.4, -0.2) is 31.1 Å². The normalized spacial score (nSPS) is 16.8. The summed E-state index contributed by atoms with van der Waals surface area (Å²) in [6.07, 6.45) is 2.18. The van der Waals surface area contributed by atoms with E-state index < -0.39 is 0 Å². The molecule has 5 heteroatoms. The van der Waals surface area contributed by atoms with Gasteiger partial charge in [-0.2, -0.15) is 0 Å². The minimum atomic E-state index is -0.0442. The molecule has 22 heavy (non-hydrogen) atoms. The van der Waals surface area contributed by atoms with Gasteiger partial charge in [-0.05, 0) is 37.3 Å². The number of aryl methyl sites for hydroxylation is 1. The fourth-order valence-electron chi connectivity index (χ4n) is 2.92. The average Bonchev–Trinajstić information content (AvgIpc) is 2.42. The SMILES string of the molecule is Cc1ccc([C@H](CCC(C)C)N2CCNCC2)c(F)c1.Cl.Cl. The van der Waals surface area contributed by atoms with Gasteiger partial charge in [0.1, 0.15) is 5.82 Å². The third-order valence-corrected chi connectivity index (χ3v) is 4.12. The fourth-order valence-corrected chi connectivity index (χ4v) is 2.92. The molecule has 2 nitrogen and oxygen atoms in total. The number of piperazine rings is 1. The zero-order valence-electron chi connectivity index (χ0n) is 13.8. The van der Waals surface area contributed by atoms with Crippen LogP contribution in [0.3, 0.4) is 0 Å². The summed E-state index contributed by atoms with van der Waals surface area (Å²) in [5.74, 6) is 0.617. The third-order valence-electron chi connectivity index (χ3n) is 4.12. The number of rotatable bonds is 5. The zero-order valence-corrected chi connectivity index (χ0v) is 15.4. The Balaban J connectivity index is 0.00000220. The molecule has 1 fully saturated rings. The summed E-state index contributed by atoms with van der Waals surface area (Å²) < 4.78 is 14.3. The predicted octanol–water partition coefficient (Wildman–Crippen LogP) is 4.36.